The molecule has 4 rings (SSSR count). The van der Waals surface area contributed by atoms with Crippen molar-refractivity contribution in [2.24, 2.45) is 5.92 Å². The molecule has 6 nitrogen and oxygen atoms in total. The van der Waals surface area contributed by atoms with Gasteiger partial charge in [-0.25, -0.2) is 4.79 Å². The Kier molecular flexibility index (Phi) is 6.89. The number of piperidine rings is 1. The van der Waals surface area contributed by atoms with E-state index < -0.39 is 0 Å². The molecule has 0 unspecified atom stereocenters. The zero-order valence-electron chi connectivity index (χ0n) is 18.6. The lowest BCUT2D eigenvalue weighted by Gasteiger charge is -2.39. The number of hydrogen-bond acceptors (Lipinski definition) is 3. The highest BCUT2D eigenvalue weighted by Crippen LogP contribution is 2.35. The third-order valence-corrected chi connectivity index (χ3v) is 6.34. The topological polar surface area (TPSA) is 61.9 Å². The van der Waals surface area contributed by atoms with Gasteiger partial charge in [0.2, 0.25) is 5.91 Å². The summed E-state index contributed by atoms with van der Waals surface area (Å²) in [5, 5.41) is 3.75. The fourth-order valence-electron chi connectivity index (χ4n) is 4.39. The van der Waals surface area contributed by atoms with Crippen molar-refractivity contribution in [3.05, 3.63) is 58.6 Å². The summed E-state index contributed by atoms with van der Waals surface area (Å²) in [7, 11) is 0. The van der Waals surface area contributed by atoms with Crippen molar-refractivity contribution < 1.29 is 14.3 Å². The summed E-state index contributed by atoms with van der Waals surface area (Å²) in [6.07, 6.45) is 2.29. The largest absolute Gasteiger partial charge is 0.487 e. The monoisotopic (exact) mass is 455 g/mol. The van der Waals surface area contributed by atoms with E-state index in [1.807, 2.05) is 61.2 Å². The Balaban J connectivity index is 1.36. The lowest BCUT2D eigenvalue weighted by molar-refractivity contribution is -0.126. The number of amides is 3. The number of carbonyl (C=O) groups is 2. The Hall–Kier alpha value is -2.73. The minimum atomic E-state index is -0.187. The van der Waals surface area contributed by atoms with E-state index in [9.17, 15) is 9.59 Å². The van der Waals surface area contributed by atoms with Crippen LogP contribution in [0.2, 0.25) is 5.02 Å². The zero-order valence-corrected chi connectivity index (χ0v) is 19.4. The first-order valence-corrected chi connectivity index (χ1v) is 11.6. The summed E-state index contributed by atoms with van der Waals surface area (Å²) in [6, 6.07) is 13.5. The molecule has 32 heavy (non-hydrogen) atoms. The molecule has 1 fully saturated rings. The van der Waals surface area contributed by atoms with E-state index in [1.54, 1.807) is 4.90 Å². The number of carbonyl (C=O) groups excluding carboxylic acids is 2. The van der Waals surface area contributed by atoms with Gasteiger partial charge in [-0.3, -0.25) is 9.69 Å². The van der Waals surface area contributed by atoms with E-state index in [4.69, 9.17) is 16.3 Å². The summed E-state index contributed by atoms with van der Waals surface area (Å²) in [5.41, 5.74) is 3.02. The smallest absolute Gasteiger partial charge is 0.324 e. The maximum absolute atomic E-state index is 13.4. The number of nitrogens with zero attached hydrogens (tertiary/aromatic N) is 2. The zero-order chi connectivity index (χ0) is 22.7. The number of rotatable bonds is 4. The number of anilines is 1. The van der Waals surface area contributed by atoms with Crippen molar-refractivity contribution in [3.63, 3.8) is 0 Å². The number of halogens is 1. The van der Waals surface area contributed by atoms with E-state index in [0.29, 0.717) is 31.2 Å². The van der Waals surface area contributed by atoms with Gasteiger partial charge in [0.1, 0.15) is 11.9 Å². The van der Waals surface area contributed by atoms with Crippen LogP contribution in [-0.2, 0) is 11.2 Å². The number of fused-ring (bicyclic) bond motifs is 1. The van der Waals surface area contributed by atoms with Gasteiger partial charge in [-0.15, -0.1) is 0 Å². The van der Waals surface area contributed by atoms with E-state index in [2.05, 4.69) is 5.32 Å². The van der Waals surface area contributed by atoms with Gasteiger partial charge in [-0.05, 0) is 68.5 Å². The highest BCUT2D eigenvalue weighted by molar-refractivity contribution is 6.30. The molecule has 0 aromatic heterocycles. The van der Waals surface area contributed by atoms with Crippen LogP contribution < -0.4 is 15.0 Å². The van der Waals surface area contributed by atoms with Crippen molar-refractivity contribution in [1.82, 2.24) is 10.2 Å². The summed E-state index contributed by atoms with van der Waals surface area (Å²) in [6.45, 7) is 6.16. The molecule has 2 aromatic carbocycles. The van der Waals surface area contributed by atoms with Crippen LogP contribution in [0.5, 0.6) is 5.75 Å². The quantitative estimate of drug-likeness (QED) is 0.742. The molecule has 0 aliphatic carbocycles. The van der Waals surface area contributed by atoms with Crippen LogP contribution in [0.15, 0.2) is 42.5 Å². The first-order chi connectivity index (χ1) is 15.4. The average Bonchev–Trinajstić information content (AvgIpc) is 2.79. The molecule has 0 spiro atoms. The fourth-order valence-corrected chi connectivity index (χ4v) is 4.52. The predicted molar refractivity (Wildman–Crippen MR) is 126 cm³/mol. The minimum Gasteiger partial charge on any atom is -0.487 e. The Morgan fingerprint density at radius 2 is 1.94 bits per heavy atom. The Morgan fingerprint density at radius 1 is 1.16 bits per heavy atom. The lowest BCUT2D eigenvalue weighted by atomic mass is 9.97. The van der Waals surface area contributed by atoms with Crippen LogP contribution >= 0.6 is 11.6 Å². The van der Waals surface area contributed by atoms with Gasteiger partial charge in [0.05, 0.1) is 18.2 Å². The third kappa shape index (κ3) is 5.18. The molecule has 0 radical (unpaired) electrons. The normalized spacial score (nSPS) is 20.3. The molecule has 0 bridgehead atoms. The molecule has 1 saturated heterocycles. The first-order valence-electron chi connectivity index (χ1n) is 11.3. The van der Waals surface area contributed by atoms with Crippen LogP contribution in [0.4, 0.5) is 10.5 Å². The SMILES string of the molecule is Cc1ccc2c(c1)N(C(=O)N1CCC[C@H](C(=O)NCCc3ccc(Cl)cc3)C1)C[C@@H](C)O2. The van der Waals surface area contributed by atoms with Crippen LogP contribution in [0.3, 0.4) is 0 Å². The molecule has 0 saturated carbocycles. The molecule has 2 aliphatic rings. The molecule has 3 amide bonds. The summed E-state index contributed by atoms with van der Waals surface area (Å²) >= 11 is 5.92. The molecule has 2 atom stereocenters. The Labute approximate surface area is 194 Å². The van der Waals surface area contributed by atoms with Crippen LogP contribution in [0.25, 0.3) is 0 Å². The second kappa shape index (κ2) is 9.82. The van der Waals surface area contributed by atoms with Crippen molar-refractivity contribution in [1.29, 1.82) is 0 Å². The molecule has 2 aromatic rings. The second-order valence-corrected chi connectivity index (χ2v) is 9.18. The summed E-state index contributed by atoms with van der Waals surface area (Å²) in [4.78, 5) is 29.8. The molecular weight excluding hydrogens is 426 g/mol. The highest BCUT2D eigenvalue weighted by atomic mass is 35.5. The maximum Gasteiger partial charge on any atom is 0.324 e. The Bertz CT molecular complexity index is 979. The highest BCUT2D eigenvalue weighted by Gasteiger charge is 2.34. The minimum absolute atomic E-state index is 0.0167. The van der Waals surface area contributed by atoms with Gasteiger partial charge in [-0.1, -0.05) is 29.8 Å². The van der Waals surface area contributed by atoms with Crippen LogP contribution in [0.1, 0.15) is 30.9 Å². The standard InChI is InChI=1S/C25H30ClN3O3/c1-17-5-10-23-22(14-17)29(15-18(2)32-23)25(31)28-13-3-4-20(16-28)24(30)27-12-11-19-6-8-21(26)9-7-19/h5-10,14,18,20H,3-4,11-13,15-16H2,1-2H3,(H,27,30)/t18-,20+/m1/s1. The van der Waals surface area contributed by atoms with E-state index in [0.717, 1.165) is 41.8 Å². The van der Waals surface area contributed by atoms with Gasteiger partial charge < -0.3 is 15.0 Å². The number of aryl methyl sites for hydroxylation is 1. The maximum atomic E-state index is 13.4. The number of benzene rings is 2. The van der Waals surface area contributed by atoms with Gasteiger partial charge in [0.15, 0.2) is 0 Å². The second-order valence-electron chi connectivity index (χ2n) is 8.75. The average molecular weight is 456 g/mol. The number of nitrogens with one attached hydrogen (secondary N) is 1. The van der Waals surface area contributed by atoms with Crippen molar-refractivity contribution >= 4 is 29.2 Å². The van der Waals surface area contributed by atoms with E-state index in [1.165, 1.54) is 0 Å². The van der Waals surface area contributed by atoms with Crippen molar-refractivity contribution in [2.75, 3.05) is 31.1 Å². The van der Waals surface area contributed by atoms with Crippen LogP contribution in [0, 0.1) is 12.8 Å². The predicted octanol–water partition coefficient (Wildman–Crippen LogP) is 4.43. The number of ether oxygens (including phenoxy) is 1. The number of hydrogen-bond donors (Lipinski definition) is 1. The molecule has 2 aliphatic heterocycles. The fraction of sp³-hybridized carbons (Fsp3) is 0.440. The first kappa shape index (κ1) is 22.5. The van der Waals surface area contributed by atoms with Gasteiger partial charge >= 0.3 is 6.03 Å². The molecular formula is C25H30ClN3O3. The van der Waals surface area contributed by atoms with Crippen LogP contribution in [-0.4, -0.2) is 49.1 Å². The summed E-state index contributed by atoms with van der Waals surface area (Å²) < 4.78 is 5.92. The van der Waals surface area contributed by atoms with E-state index in [-0.39, 0.29) is 24.0 Å². The summed E-state index contributed by atoms with van der Waals surface area (Å²) in [5.74, 6) is 0.563. The number of urea groups is 1. The third-order valence-electron chi connectivity index (χ3n) is 6.09. The number of likely N-dealkylation sites (tertiary alicyclic amines) is 1. The van der Waals surface area contributed by atoms with Gasteiger partial charge in [-0.2, -0.15) is 0 Å². The molecule has 2 heterocycles. The van der Waals surface area contributed by atoms with Gasteiger partial charge in [0, 0.05) is 24.7 Å². The lowest BCUT2D eigenvalue weighted by Crippen LogP contribution is -2.53. The van der Waals surface area contributed by atoms with Crippen molar-refractivity contribution in [2.45, 2.75) is 39.2 Å². The molecule has 7 heteroatoms. The molecule has 170 valence electrons. The van der Waals surface area contributed by atoms with E-state index >= 15 is 0 Å². The molecule has 1 N–H and O–H groups in total. The Morgan fingerprint density at radius 3 is 2.72 bits per heavy atom. The van der Waals surface area contributed by atoms with Gasteiger partial charge in [0.25, 0.3) is 0 Å². The van der Waals surface area contributed by atoms with Crippen molar-refractivity contribution in [3.8, 4) is 5.75 Å².